The summed E-state index contributed by atoms with van der Waals surface area (Å²) in [7, 11) is 0. The Morgan fingerprint density at radius 2 is 1.79 bits per heavy atom. The van der Waals surface area contributed by atoms with Crippen LogP contribution >= 0.6 is 11.8 Å². The Hall–Kier alpha value is -1.53. The highest BCUT2D eigenvalue weighted by atomic mass is 32.2. The summed E-state index contributed by atoms with van der Waals surface area (Å²) in [5.41, 5.74) is 1.91. The van der Waals surface area contributed by atoms with Crippen LogP contribution in [0.4, 0.5) is 0 Å². The maximum absolute atomic E-state index is 13.0. The first kappa shape index (κ1) is 21.2. The number of nitrogens with one attached hydrogen (secondary N) is 1. The van der Waals surface area contributed by atoms with Crippen molar-refractivity contribution in [3.63, 3.8) is 0 Å². The molecule has 0 aromatic heterocycles. The molecule has 0 spiro atoms. The van der Waals surface area contributed by atoms with E-state index >= 15 is 0 Å². The molecule has 0 bridgehead atoms. The first-order chi connectivity index (χ1) is 13.4. The van der Waals surface area contributed by atoms with Gasteiger partial charge >= 0.3 is 0 Å². The minimum Gasteiger partial charge on any atom is -0.353 e. The second-order valence-corrected chi connectivity index (χ2v) is 9.81. The van der Waals surface area contributed by atoms with Crippen molar-refractivity contribution >= 4 is 23.6 Å². The molecule has 5 nitrogen and oxygen atoms in total. The summed E-state index contributed by atoms with van der Waals surface area (Å²) in [5.74, 6) is 1.16. The quantitative estimate of drug-likeness (QED) is 0.821. The van der Waals surface area contributed by atoms with Crippen LogP contribution in [0.1, 0.15) is 56.0 Å². The van der Waals surface area contributed by atoms with Gasteiger partial charge < -0.3 is 15.1 Å². The summed E-state index contributed by atoms with van der Waals surface area (Å²) in [6, 6.07) is 7.43. The van der Waals surface area contributed by atoms with Crippen LogP contribution in [-0.2, 0) is 10.2 Å². The predicted molar refractivity (Wildman–Crippen MR) is 116 cm³/mol. The lowest BCUT2D eigenvalue weighted by molar-refractivity contribution is -0.124. The number of benzene rings is 1. The van der Waals surface area contributed by atoms with E-state index in [-0.39, 0.29) is 23.3 Å². The lowest BCUT2D eigenvalue weighted by atomic mass is 9.86. The van der Waals surface area contributed by atoms with Crippen molar-refractivity contribution in [2.45, 2.75) is 51.5 Å². The SMILES string of the molecule is CC(C)(C)c1ccc(C(=O)N2CSCC2C(=O)NCCN2CCCCC2)cc1. The lowest BCUT2D eigenvalue weighted by Gasteiger charge is -2.27. The molecule has 1 aromatic rings. The Morgan fingerprint density at radius 1 is 1.11 bits per heavy atom. The van der Waals surface area contributed by atoms with Gasteiger partial charge in [-0.15, -0.1) is 11.8 Å². The molecular formula is C22H33N3O2S. The number of hydrogen-bond donors (Lipinski definition) is 1. The van der Waals surface area contributed by atoms with Crippen molar-refractivity contribution in [3.8, 4) is 0 Å². The monoisotopic (exact) mass is 403 g/mol. The highest BCUT2D eigenvalue weighted by Gasteiger charge is 2.35. The van der Waals surface area contributed by atoms with Crippen molar-refractivity contribution in [1.82, 2.24) is 15.1 Å². The van der Waals surface area contributed by atoms with Gasteiger partial charge in [-0.1, -0.05) is 39.3 Å². The summed E-state index contributed by atoms with van der Waals surface area (Å²) < 4.78 is 0. The van der Waals surface area contributed by atoms with Crippen LogP contribution in [0.3, 0.4) is 0 Å². The highest BCUT2D eigenvalue weighted by molar-refractivity contribution is 7.99. The summed E-state index contributed by atoms with van der Waals surface area (Å²) in [6.45, 7) is 10.3. The fourth-order valence-corrected chi connectivity index (χ4v) is 4.93. The zero-order chi connectivity index (χ0) is 20.1. The number of nitrogens with zero attached hydrogens (tertiary/aromatic N) is 2. The Labute approximate surface area is 173 Å². The van der Waals surface area contributed by atoms with Gasteiger partial charge in [-0.2, -0.15) is 0 Å². The van der Waals surface area contributed by atoms with Crippen LogP contribution < -0.4 is 5.32 Å². The molecule has 2 saturated heterocycles. The largest absolute Gasteiger partial charge is 0.353 e. The molecule has 1 unspecified atom stereocenters. The first-order valence-electron chi connectivity index (χ1n) is 10.4. The number of amides is 2. The first-order valence-corrected chi connectivity index (χ1v) is 11.5. The van der Waals surface area contributed by atoms with Gasteiger partial charge in [-0.3, -0.25) is 9.59 Å². The number of rotatable bonds is 5. The third-order valence-corrected chi connectivity index (χ3v) is 6.63. The standard InChI is InChI=1S/C22H33N3O2S/c1-22(2,3)18-9-7-17(8-10-18)21(27)25-16-28-15-19(25)20(26)23-11-14-24-12-5-4-6-13-24/h7-10,19H,4-6,11-16H2,1-3H3,(H,23,26). The minimum atomic E-state index is -0.374. The van der Waals surface area contributed by atoms with E-state index in [4.69, 9.17) is 0 Å². The zero-order valence-corrected chi connectivity index (χ0v) is 18.2. The van der Waals surface area contributed by atoms with Crippen molar-refractivity contribution in [1.29, 1.82) is 0 Å². The van der Waals surface area contributed by atoms with E-state index in [1.165, 1.54) is 24.8 Å². The maximum Gasteiger partial charge on any atom is 0.255 e. The summed E-state index contributed by atoms with van der Waals surface area (Å²) >= 11 is 1.64. The third kappa shape index (κ3) is 5.29. The van der Waals surface area contributed by atoms with Gasteiger partial charge in [0.05, 0.1) is 5.88 Å². The number of hydrogen-bond acceptors (Lipinski definition) is 4. The number of likely N-dealkylation sites (tertiary alicyclic amines) is 1. The molecular weight excluding hydrogens is 370 g/mol. The Bertz CT molecular complexity index is 678. The molecule has 0 aliphatic carbocycles. The van der Waals surface area contributed by atoms with Crippen LogP contribution in [-0.4, -0.2) is 65.5 Å². The van der Waals surface area contributed by atoms with Gasteiger partial charge in [0.15, 0.2) is 0 Å². The van der Waals surface area contributed by atoms with Crippen LogP contribution in [0.25, 0.3) is 0 Å². The Balaban J connectivity index is 1.55. The van der Waals surface area contributed by atoms with Crippen molar-refractivity contribution in [2.24, 2.45) is 0 Å². The molecule has 1 atom stereocenters. The van der Waals surface area contributed by atoms with Gasteiger partial charge in [0.1, 0.15) is 6.04 Å². The summed E-state index contributed by atoms with van der Waals surface area (Å²) in [5, 5.41) is 3.05. The van der Waals surface area contributed by atoms with E-state index < -0.39 is 0 Å². The fourth-order valence-electron chi connectivity index (χ4n) is 3.78. The number of carbonyl (C=O) groups excluding carboxylic acids is 2. The topological polar surface area (TPSA) is 52.7 Å². The fraction of sp³-hybridized carbons (Fsp3) is 0.636. The Morgan fingerprint density at radius 3 is 2.43 bits per heavy atom. The van der Waals surface area contributed by atoms with Gasteiger partial charge in [0, 0.05) is 24.4 Å². The lowest BCUT2D eigenvalue weighted by Crippen LogP contribution is -2.48. The average molecular weight is 404 g/mol. The van der Waals surface area contributed by atoms with Gasteiger partial charge in [0.2, 0.25) is 5.91 Å². The van der Waals surface area contributed by atoms with Crippen molar-refractivity contribution < 1.29 is 9.59 Å². The molecule has 2 heterocycles. The van der Waals surface area contributed by atoms with Gasteiger partial charge in [-0.05, 0) is 49.0 Å². The molecule has 3 rings (SSSR count). The predicted octanol–water partition coefficient (Wildman–Crippen LogP) is 3.10. The van der Waals surface area contributed by atoms with E-state index in [2.05, 4.69) is 31.0 Å². The van der Waals surface area contributed by atoms with Crippen LogP contribution in [0.2, 0.25) is 0 Å². The molecule has 2 aliphatic heterocycles. The van der Waals surface area contributed by atoms with E-state index in [1.807, 2.05) is 24.3 Å². The molecule has 0 radical (unpaired) electrons. The van der Waals surface area contributed by atoms with Gasteiger partial charge in [0.25, 0.3) is 5.91 Å². The molecule has 2 amide bonds. The average Bonchev–Trinajstić information content (AvgIpc) is 3.17. The third-order valence-electron chi connectivity index (χ3n) is 5.62. The van der Waals surface area contributed by atoms with Crippen molar-refractivity contribution in [2.75, 3.05) is 37.8 Å². The van der Waals surface area contributed by atoms with Crippen LogP contribution in [0, 0.1) is 0 Å². The molecule has 28 heavy (non-hydrogen) atoms. The second-order valence-electron chi connectivity index (χ2n) is 8.81. The normalized spacial score (nSPS) is 21.0. The summed E-state index contributed by atoms with van der Waals surface area (Å²) in [6.07, 6.45) is 3.82. The molecule has 1 N–H and O–H groups in total. The highest BCUT2D eigenvalue weighted by Crippen LogP contribution is 2.26. The van der Waals surface area contributed by atoms with E-state index in [1.54, 1.807) is 16.7 Å². The second kappa shape index (κ2) is 9.31. The minimum absolute atomic E-state index is 0.0262. The zero-order valence-electron chi connectivity index (χ0n) is 17.4. The number of thioether (sulfide) groups is 1. The summed E-state index contributed by atoms with van der Waals surface area (Å²) in [4.78, 5) is 29.8. The number of piperidine rings is 1. The van der Waals surface area contributed by atoms with Crippen molar-refractivity contribution in [3.05, 3.63) is 35.4 Å². The molecule has 0 saturated carbocycles. The molecule has 1 aromatic carbocycles. The molecule has 2 aliphatic rings. The molecule has 2 fully saturated rings. The van der Waals surface area contributed by atoms with E-state index in [0.717, 1.165) is 19.6 Å². The number of carbonyl (C=O) groups is 2. The molecule has 154 valence electrons. The van der Waals surface area contributed by atoms with Crippen LogP contribution in [0.5, 0.6) is 0 Å². The smallest absolute Gasteiger partial charge is 0.255 e. The Kier molecular flexibility index (Phi) is 7.05. The van der Waals surface area contributed by atoms with Gasteiger partial charge in [-0.25, -0.2) is 0 Å². The maximum atomic E-state index is 13.0. The van der Waals surface area contributed by atoms with Crippen LogP contribution in [0.15, 0.2) is 24.3 Å². The van der Waals surface area contributed by atoms with E-state index in [0.29, 0.717) is 23.7 Å². The molecule has 6 heteroatoms. The van der Waals surface area contributed by atoms with E-state index in [9.17, 15) is 9.59 Å².